The summed E-state index contributed by atoms with van der Waals surface area (Å²) in [5.74, 6) is 0. The Morgan fingerprint density at radius 1 is 1.50 bits per heavy atom. The highest BCUT2D eigenvalue weighted by atomic mass is 15.3. The Bertz CT molecular complexity index is 744. The molecule has 3 aromatic rings. The van der Waals surface area contributed by atoms with Crippen molar-refractivity contribution < 1.29 is 0 Å². The molecule has 1 N–H and O–H groups in total. The summed E-state index contributed by atoms with van der Waals surface area (Å²) in [4.78, 5) is 7.28. The molecule has 0 saturated carbocycles. The highest BCUT2D eigenvalue weighted by molar-refractivity contribution is 5.86. The summed E-state index contributed by atoms with van der Waals surface area (Å²) < 4.78 is 1.86. The molecule has 88 valence electrons. The second-order valence-electron chi connectivity index (χ2n) is 3.99. The van der Waals surface area contributed by atoms with Crippen LogP contribution in [-0.4, -0.2) is 19.7 Å². The van der Waals surface area contributed by atoms with Crippen LogP contribution in [0.4, 0.5) is 0 Å². The van der Waals surface area contributed by atoms with Crippen LogP contribution in [0.25, 0.3) is 22.3 Å². The van der Waals surface area contributed by atoms with Crippen LogP contribution in [0, 0.1) is 11.3 Å². The number of H-pyrrole nitrogens is 1. The molecule has 0 saturated heterocycles. The molecule has 0 fully saturated rings. The van der Waals surface area contributed by atoms with Gasteiger partial charge in [-0.2, -0.15) is 10.4 Å². The normalized spacial score (nSPS) is 10.7. The molecule has 3 rings (SSSR count). The lowest BCUT2D eigenvalue weighted by Gasteiger charge is -1.97. The Balaban J connectivity index is 2.15. The first kappa shape index (κ1) is 10.5. The van der Waals surface area contributed by atoms with Gasteiger partial charge in [-0.1, -0.05) is 0 Å². The van der Waals surface area contributed by atoms with Gasteiger partial charge in [-0.3, -0.25) is 4.68 Å². The van der Waals surface area contributed by atoms with Crippen molar-refractivity contribution in [3.63, 3.8) is 0 Å². The lowest BCUT2D eigenvalue weighted by molar-refractivity contribution is 0.662. The second kappa shape index (κ2) is 4.00. The van der Waals surface area contributed by atoms with Crippen molar-refractivity contribution in [2.24, 2.45) is 0 Å². The van der Waals surface area contributed by atoms with E-state index in [9.17, 15) is 0 Å². The van der Waals surface area contributed by atoms with Crippen molar-refractivity contribution in [3.8, 4) is 17.3 Å². The van der Waals surface area contributed by atoms with Gasteiger partial charge in [0.1, 0.15) is 11.7 Å². The quantitative estimate of drug-likeness (QED) is 0.743. The smallest absolute Gasteiger partial charge is 0.138 e. The third-order valence-corrected chi connectivity index (χ3v) is 2.91. The molecular weight excluding hydrogens is 226 g/mol. The standard InChI is InChI=1S/C13H11N5/c1-2-18-4-3-12(17-18)9-5-11-10(6-14)8-16-13(11)15-7-9/h3-5,7-8H,2H2,1H3,(H,15,16). The number of rotatable bonds is 2. The van der Waals surface area contributed by atoms with Gasteiger partial charge in [-0.25, -0.2) is 4.98 Å². The number of nitrogens with zero attached hydrogens (tertiary/aromatic N) is 4. The van der Waals surface area contributed by atoms with Gasteiger partial charge >= 0.3 is 0 Å². The summed E-state index contributed by atoms with van der Waals surface area (Å²) in [5.41, 5.74) is 3.13. The zero-order valence-electron chi connectivity index (χ0n) is 9.88. The van der Waals surface area contributed by atoms with Crippen molar-refractivity contribution in [3.05, 3.63) is 36.3 Å². The Hall–Kier alpha value is -2.61. The van der Waals surface area contributed by atoms with Crippen LogP contribution in [0.15, 0.2) is 30.7 Å². The SMILES string of the molecule is CCn1ccc(-c2cnc3[nH]cc(C#N)c3c2)n1. The molecule has 3 aromatic heterocycles. The van der Waals surface area contributed by atoms with Gasteiger partial charge in [0.25, 0.3) is 0 Å². The van der Waals surface area contributed by atoms with E-state index in [0.717, 1.165) is 28.8 Å². The van der Waals surface area contributed by atoms with Gasteiger partial charge in [0.15, 0.2) is 0 Å². The molecule has 5 heteroatoms. The number of aryl methyl sites for hydroxylation is 1. The highest BCUT2D eigenvalue weighted by Gasteiger charge is 2.08. The van der Waals surface area contributed by atoms with Crippen LogP contribution in [0.3, 0.4) is 0 Å². The predicted octanol–water partition coefficient (Wildman–Crippen LogP) is 2.32. The number of aromatic amines is 1. The third kappa shape index (κ3) is 1.55. The second-order valence-corrected chi connectivity index (χ2v) is 3.99. The topological polar surface area (TPSA) is 70.3 Å². The minimum Gasteiger partial charge on any atom is -0.345 e. The molecule has 18 heavy (non-hydrogen) atoms. The van der Waals surface area contributed by atoms with Crippen LogP contribution < -0.4 is 0 Å². The molecule has 5 nitrogen and oxygen atoms in total. The van der Waals surface area contributed by atoms with Crippen LogP contribution in [0.2, 0.25) is 0 Å². The summed E-state index contributed by atoms with van der Waals surface area (Å²) >= 11 is 0. The summed E-state index contributed by atoms with van der Waals surface area (Å²) in [6.45, 7) is 2.88. The summed E-state index contributed by atoms with van der Waals surface area (Å²) in [6, 6.07) is 6.04. The maximum absolute atomic E-state index is 9.01. The van der Waals surface area contributed by atoms with Crippen molar-refractivity contribution in [1.82, 2.24) is 19.7 Å². The predicted molar refractivity (Wildman–Crippen MR) is 67.7 cm³/mol. The monoisotopic (exact) mass is 237 g/mol. The molecule has 0 aliphatic rings. The largest absolute Gasteiger partial charge is 0.345 e. The number of nitriles is 1. The molecule has 0 amide bonds. The summed E-state index contributed by atoms with van der Waals surface area (Å²) in [7, 11) is 0. The zero-order chi connectivity index (χ0) is 12.5. The first-order valence-corrected chi connectivity index (χ1v) is 5.73. The molecule has 0 atom stereocenters. The van der Waals surface area contributed by atoms with Crippen LogP contribution in [0.1, 0.15) is 12.5 Å². The van der Waals surface area contributed by atoms with E-state index in [1.54, 1.807) is 12.4 Å². The number of aromatic nitrogens is 4. The fourth-order valence-electron chi connectivity index (χ4n) is 1.93. The van der Waals surface area contributed by atoms with Gasteiger partial charge in [0.2, 0.25) is 0 Å². The van der Waals surface area contributed by atoms with E-state index in [1.165, 1.54) is 0 Å². The number of pyridine rings is 1. The minimum absolute atomic E-state index is 0.606. The van der Waals surface area contributed by atoms with Crippen molar-refractivity contribution in [2.75, 3.05) is 0 Å². The van der Waals surface area contributed by atoms with E-state index in [2.05, 4.69) is 21.1 Å². The maximum Gasteiger partial charge on any atom is 0.138 e. The fraction of sp³-hybridized carbons (Fsp3) is 0.154. The van der Waals surface area contributed by atoms with Crippen LogP contribution in [-0.2, 0) is 6.54 Å². The molecule has 0 spiro atoms. The Labute approximate surface area is 104 Å². The number of fused-ring (bicyclic) bond motifs is 1. The molecule has 0 aliphatic heterocycles. The minimum atomic E-state index is 0.606. The number of hydrogen-bond donors (Lipinski definition) is 1. The van der Waals surface area contributed by atoms with Gasteiger partial charge in [-0.05, 0) is 19.1 Å². The summed E-state index contributed by atoms with van der Waals surface area (Å²) in [5, 5.41) is 14.3. The van der Waals surface area contributed by atoms with Gasteiger partial charge in [0, 0.05) is 36.1 Å². The summed E-state index contributed by atoms with van der Waals surface area (Å²) in [6.07, 6.45) is 5.37. The molecule has 0 aliphatic carbocycles. The number of nitrogens with one attached hydrogen (secondary N) is 1. The van der Waals surface area contributed by atoms with E-state index in [-0.39, 0.29) is 0 Å². The molecular formula is C13H11N5. The van der Waals surface area contributed by atoms with E-state index >= 15 is 0 Å². The third-order valence-electron chi connectivity index (χ3n) is 2.91. The maximum atomic E-state index is 9.01. The average molecular weight is 237 g/mol. The van der Waals surface area contributed by atoms with Gasteiger partial charge < -0.3 is 4.98 Å². The van der Waals surface area contributed by atoms with E-state index in [1.807, 2.05) is 29.9 Å². The Morgan fingerprint density at radius 2 is 2.39 bits per heavy atom. The van der Waals surface area contributed by atoms with Crippen molar-refractivity contribution in [2.45, 2.75) is 13.5 Å². The molecule has 3 heterocycles. The zero-order valence-corrected chi connectivity index (χ0v) is 9.88. The van der Waals surface area contributed by atoms with Gasteiger partial charge in [-0.15, -0.1) is 0 Å². The van der Waals surface area contributed by atoms with E-state index in [0.29, 0.717) is 5.56 Å². The van der Waals surface area contributed by atoms with Crippen molar-refractivity contribution >= 4 is 11.0 Å². The lowest BCUT2D eigenvalue weighted by atomic mass is 10.1. The van der Waals surface area contributed by atoms with Crippen LogP contribution >= 0.6 is 0 Å². The average Bonchev–Trinajstić information content (AvgIpc) is 3.04. The van der Waals surface area contributed by atoms with Crippen molar-refractivity contribution in [1.29, 1.82) is 5.26 Å². The molecule has 0 bridgehead atoms. The first-order valence-electron chi connectivity index (χ1n) is 5.73. The fourth-order valence-corrected chi connectivity index (χ4v) is 1.93. The lowest BCUT2D eigenvalue weighted by Crippen LogP contribution is -1.94. The van der Waals surface area contributed by atoms with Crippen LogP contribution in [0.5, 0.6) is 0 Å². The highest BCUT2D eigenvalue weighted by Crippen LogP contribution is 2.23. The molecule has 0 aromatic carbocycles. The number of hydrogen-bond acceptors (Lipinski definition) is 3. The van der Waals surface area contributed by atoms with E-state index in [4.69, 9.17) is 5.26 Å². The Kier molecular flexibility index (Phi) is 2.34. The molecule has 0 radical (unpaired) electrons. The Morgan fingerprint density at radius 3 is 3.11 bits per heavy atom. The van der Waals surface area contributed by atoms with Gasteiger partial charge in [0.05, 0.1) is 11.3 Å². The first-order chi connectivity index (χ1) is 8.81. The van der Waals surface area contributed by atoms with E-state index < -0.39 is 0 Å². The molecule has 0 unspecified atom stereocenters.